The average molecular weight is 397 g/mol. The molecule has 1 aliphatic heterocycles. The lowest BCUT2D eigenvalue weighted by atomic mass is 10.1. The van der Waals surface area contributed by atoms with Gasteiger partial charge in [-0.3, -0.25) is 9.80 Å². The van der Waals surface area contributed by atoms with Crippen LogP contribution in [0.1, 0.15) is 96.8 Å². The molecule has 0 unspecified atom stereocenters. The van der Waals surface area contributed by atoms with Crippen molar-refractivity contribution in [3.63, 3.8) is 0 Å². The summed E-state index contributed by atoms with van der Waals surface area (Å²) in [5, 5.41) is 18.5. The van der Waals surface area contributed by atoms with E-state index in [0.29, 0.717) is 6.17 Å². The molecule has 28 heavy (non-hydrogen) atoms. The Labute approximate surface area is 175 Å². The quantitative estimate of drug-likeness (QED) is 0.239. The van der Waals surface area contributed by atoms with Gasteiger partial charge >= 0.3 is 0 Å². The third kappa shape index (κ3) is 12.2. The van der Waals surface area contributed by atoms with Gasteiger partial charge in [-0.05, 0) is 32.1 Å². The lowest BCUT2D eigenvalue weighted by molar-refractivity contribution is 0.0910. The van der Waals surface area contributed by atoms with Gasteiger partial charge in [-0.15, -0.1) is 0 Å². The number of allylic oxidation sites excluding steroid dienone is 2. The molecule has 166 valence electrons. The minimum Gasteiger partial charge on any atom is -0.395 e. The molecule has 0 spiro atoms. The van der Waals surface area contributed by atoms with E-state index >= 15 is 0 Å². The Bertz CT molecular complexity index is 349. The Morgan fingerprint density at radius 3 is 1.64 bits per heavy atom. The summed E-state index contributed by atoms with van der Waals surface area (Å²) in [7, 11) is 0. The minimum absolute atomic E-state index is 0.232. The summed E-state index contributed by atoms with van der Waals surface area (Å²) < 4.78 is 0. The third-order valence-electron chi connectivity index (χ3n) is 6.02. The summed E-state index contributed by atoms with van der Waals surface area (Å²) in [5.74, 6) is 0. The van der Waals surface area contributed by atoms with Gasteiger partial charge in [0.15, 0.2) is 0 Å². The molecular weight excluding hydrogens is 348 g/mol. The van der Waals surface area contributed by atoms with Crippen LogP contribution in [0.5, 0.6) is 0 Å². The number of hydrogen-bond donors (Lipinski definition) is 2. The summed E-state index contributed by atoms with van der Waals surface area (Å²) in [5.41, 5.74) is 0. The highest BCUT2D eigenvalue weighted by atomic mass is 16.3. The Morgan fingerprint density at radius 2 is 1.14 bits per heavy atom. The molecule has 0 aromatic carbocycles. The van der Waals surface area contributed by atoms with Crippen molar-refractivity contribution in [1.82, 2.24) is 9.80 Å². The zero-order chi connectivity index (χ0) is 20.3. The van der Waals surface area contributed by atoms with Crippen LogP contribution in [-0.2, 0) is 0 Å². The molecule has 1 rings (SSSR count). The largest absolute Gasteiger partial charge is 0.395 e. The van der Waals surface area contributed by atoms with Crippen LogP contribution in [0, 0.1) is 0 Å². The van der Waals surface area contributed by atoms with Crippen LogP contribution >= 0.6 is 0 Å². The third-order valence-corrected chi connectivity index (χ3v) is 6.02. The van der Waals surface area contributed by atoms with Gasteiger partial charge < -0.3 is 10.2 Å². The Hall–Kier alpha value is -0.420. The highest BCUT2D eigenvalue weighted by Crippen LogP contribution is 2.20. The molecule has 0 radical (unpaired) electrons. The van der Waals surface area contributed by atoms with E-state index in [-0.39, 0.29) is 13.2 Å². The lowest BCUT2D eigenvalue weighted by Crippen LogP contribution is -2.41. The van der Waals surface area contributed by atoms with E-state index in [1.165, 1.54) is 83.5 Å². The number of unbranched alkanes of at least 4 members (excludes halogenated alkanes) is 11. The van der Waals surface area contributed by atoms with E-state index in [9.17, 15) is 10.2 Å². The molecule has 0 saturated carbocycles. The molecule has 1 heterocycles. The van der Waals surface area contributed by atoms with Crippen molar-refractivity contribution in [2.75, 3.05) is 39.4 Å². The molecule has 2 N–H and O–H groups in total. The molecular formula is C24H48N2O2. The van der Waals surface area contributed by atoms with Crippen molar-refractivity contribution >= 4 is 0 Å². The molecule has 0 aromatic rings. The molecule has 4 nitrogen and oxygen atoms in total. The van der Waals surface area contributed by atoms with Crippen molar-refractivity contribution in [1.29, 1.82) is 0 Å². The first-order valence-electron chi connectivity index (χ1n) is 12.2. The fourth-order valence-electron chi connectivity index (χ4n) is 4.33. The normalized spacial score (nSPS) is 16.7. The molecule has 1 fully saturated rings. The minimum atomic E-state index is 0.232. The van der Waals surface area contributed by atoms with Crippen molar-refractivity contribution in [2.45, 2.75) is 103 Å². The standard InChI is InChI=1S/C24H48N2O2/c1-2-3-4-5-6-7-8-9-10-11-12-13-14-15-16-17-24-25(20-22-27)18-19-26(24)21-23-28/h9-10,24,27-28H,2-8,11-23H2,1H3. The number of hydrogen-bond acceptors (Lipinski definition) is 4. The Morgan fingerprint density at radius 1 is 0.679 bits per heavy atom. The fraction of sp³-hybridized carbons (Fsp3) is 0.917. The predicted octanol–water partition coefficient (Wildman–Crippen LogP) is 4.95. The van der Waals surface area contributed by atoms with Gasteiger partial charge in [-0.1, -0.05) is 76.9 Å². The smallest absolute Gasteiger partial charge is 0.0624 e. The van der Waals surface area contributed by atoms with E-state index in [2.05, 4.69) is 28.9 Å². The first kappa shape index (κ1) is 25.6. The Balaban J connectivity index is 1.95. The van der Waals surface area contributed by atoms with E-state index in [4.69, 9.17) is 0 Å². The molecule has 0 aliphatic carbocycles. The summed E-state index contributed by atoms with van der Waals surface area (Å²) in [4.78, 5) is 4.76. The Kier molecular flexibility index (Phi) is 17.0. The van der Waals surface area contributed by atoms with Gasteiger partial charge in [0.1, 0.15) is 0 Å². The first-order chi connectivity index (χ1) is 13.8. The fourth-order valence-corrected chi connectivity index (χ4v) is 4.33. The second-order valence-electron chi connectivity index (χ2n) is 8.37. The summed E-state index contributed by atoms with van der Waals surface area (Å²) in [6.07, 6.45) is 23.8. The zero-order valence-corrected chi connectivity index (χ0v) is 18.7. The number of rotatable bonds is 19. The van der Waals surface area contributed by atoms with Crippen LogP contribution in [0.4, 0.5) is 0 Å². The van der Waals surface area contributed by atoms with E-state index in [0.717, 1.165) is 32.6 Å². The van der Waals surface area contributed by atoms with Crippen molar-refractivity contribution in [3.8, 4) is 0 Å². The number of aliphatic hydroxyl groups is 2. The van der Waals surface area contributed by atoms with Crippen LogP contribution in [0.25, 0.3) is 0 Å². The van der Waals surface area contributed by atoms with Gasteiger partial charge in [0, 0.05) is 26.2 Å². The van der Waals surface area contributed by atoms with Crippen molar-refractivity contribution < 1.29 is 10.2 Å². The van der Waals surface area contributed by atoms with Crippen LogP contribution < -0.4 is 0 Å². The lowest BCUT2D eigenvalue weighted by Gasteiger charge is -2.29. The highest BCUT2D eigenvalue weighted by molar-refractivity contribution is 4.82. The first-order valence-corrected chi connectivity index (χ1v) is 12.2. The van der Waals surface area contributed by atoms with Gasteiger partial charge in [0.05, 0.1) is 19.4 Å². The zero-order valence-electron chi connectivity index (χ0n) is 18.7. The molecule has 0 aromatic heterocycles. The van der Waals surface area contributed by atoms with Crippen LogP contribution in [0.3, 0.4) is 0 Å². The van der Waals surface area contributed by atoms with Crippen molar-refractivity contribution in [3.05, 3.63) is 12.2 Å². The molecule has 4 heteroatoms. The SMILES string of the molecule is CCCCCCCCC=CCCCCCCCC1N(CCO)CCN1CCO. The van der Waals surface area contributed by atoms with Gasteiger partial charge in [-0.25, -0.2) is 0 Å². The summed E-state index contributed by atoms with van der Waals surface area (Å²) in [6, 6.07) is 0. The summed E-state index contributed by atoms with van der Waals surface area (Å²) >= 11 is 0. The van der Waals surface area contributed by atoms with E-state index in [1.807, 2.05) is 0 Å². The second-order valence-corrected chi connectivity index (χ2v) is 8.37. The monoisotopic (exact) mass is 396 g/mol. The maximum atomic E-state index is 9.25. The van der Waals surface area contributed by atoms with Gasteiger partial charge in [-0.2, -0.15) is 0 Å². The van der Waals surface area contributed by atoms with Crippen LogP contribution in [0.15, 0.2) is 12.2 Å². The van der Waals surface area contributed by atoms with Gasteiger partial charge in [0.25, 0.3) is 0 Å². The topological polar surface area (TPSA) is 46.9 Å². The molecule has 0 atom stereocenters. The number of nitrogens with zero attached hydrogens (tertiary/aromatic N) is 2. The molecule has 0 bridgehead atoms. The second kappa shape index (κ2) is 18.6. The average Bonchev–Trinajstić information content (AvgIpc) is 3.07. The highest BCUT2D eigenvalue weighted by Gasteiger charge is 2.30. The van der Waals surface area contributed by atoms with Crippen LogP contribution in [-0.4, -0.2) is 65.6 Å². The van der Waals surface area contributed by atoms with Crippen molar-refractivity contribution in [2.24, 2.45) is 0 Å². The van der Waals surface area contributed by atoms with Crippen LogP contribution in [0.2, 0.25) is 0 Å². The predicted molar refractivity (Wildman–Crippen MR) is 121 cm³/mol. The molecule has 0 amide bonds. The molecule has 1 saturated heterocycles. The molecule has 1 aliphatic rings. The van der Waals surface area contributed by atoms with Gasteiger partial charge in [0.2, 0.25) is 0 Å². The summed E-state index contributed by atoms with van der Waals surface area (Å²) in [6.45, 7) is 6.31. The maximum absolute atomic E-state index is 9.25. The number of β-amino-alcohol motifs (C(OH)–C–C–N with tert-alkyl or cyclic N) is 2. The van der Waals surface area contributed by atoms with E-state index in [1.54, 1.807) is 0 Å². The maximum Gasteiger partial charge on any atom is 0.0624 e. The number of aliphatic hydroxyl groups excluding tert-OH is 2. The van der Waals surface area contributed by atoms with E-state index < -0.39 is 0 Å².